The standard InChI is InChI=1S/C23H23NO6/c1-13-17-12-15(27-3)8-9-20(17)30-21(13)23(26)29-14(2)22(25)24-18-10-11-28-19-7-5-4-6-16(18)19/h4-9,12,14,18H,10-11H2,1-3H3,(H,24,25). The molecule has 0 radical (unpaired) electrons. The maximum atomic E-state index is 12.7. The van der Waals surface area contributed by atoms with E-state index in [2.05, 4.69) is 5.32 Å². The van der Waals surface area contributed by atoms with Crippen LogP contribution in [0.4, 0.5) is 0 Å². The van der Waals surface area contributed by atoms with Crippen molar-refractivity contribution in [2.75, 3.05) is 13.7 Å². The van der Waals surface area contributed by atoms with E-state index in [1.165, 1.54) is 0 Å². The minimum atomic E-state index is -0.977. The highest BCUT2D eigenvalue weighted by Gasteiger charge is 2.28. The van der Waals surface area contributed by atoms with Crippen LogP contribution in [-0.4, -0.2) is 31.7 Å². The number of aryl methyl sites for hydroxylation is 1. The number of para-hydroxylation sites is 1. The minimum Gasteiger partial charge on any atom is -0.497 e. The summed E-state index contributed by atoms with van der Waals surface area (Å²) < 4.78 is 21.9. The molecule has 0 spiro atoms. The van der Waals surface area contributed by atoms with Gasteiger partial charge in [0.25, 0.3) is 5.91 Å². The molecule has 0 bridgehead atoms. The van der Waals surface area contributed by atoms with Crippen molar-refractivity contribution in [2.24, 2.45) is 0 Å². The molecule has 1 aliphatic heterocycles. The first-order valence-electron chi connectivity index (χ1n) is 9.78. The van der Waals surface area contributed by atoms with Crippen molar-refractivity contribution >= 4 is 22.8 Å². The van der Waals surface area contributed by atoms with Gasteiger partial charge in [0.1, 0.15) is 17.1 Å². The number of hydrogen-bond donors (Lipinski definition) is 1. The molecule has 7 heteroatoms. The highest BCUT2D eigenvalue weighted by molar-refractivity contribution is 5.97. The molecule has 0 saturated carbocycles. The van der Waals surface area contributed by atoms with Gasteiger partial charge in [-0.25, -0.2) is 4.79 Å². The normalized spacial score (nSPS) is 16.3. The second kappa shape index (κ2) is 8.10. The molecule has 30 heavy (non-hydrogen) atoms. The fraction of sp³-hybridized carbons (Fsp3) is 0.304. The van der Waals surface area contributed by atoms with Gasteiger partial charge in [0.15, 0.2) is 6.10 Å². The van der Waals surface area contributed by atoms with E-state index >= 15 is 0 Å². The van der Waals surface area contributed by atoms with Crippen molar-refractivity contribution < 1.29 is 28.2 Å². The third-order valence-corrected chi connectivity index (χ3v) is 5.26. The molecule has 2 aromatic carbocycles. The maximum absolute atomic E-state index is 12.7. The second-order valence-corrected chi connectivity index (χ2v) is 7.20. The average Bonchev–Trinajstić information content (AvgIpc) is 3.09. The van der Waals surface area contributed by atoms with Gasteiger partial charge in [-0.2, -0.15) is 0 Å². The number of amides is 1. The van der Waals surface area contributed by atoms with Crippen molar-refractivity contribution in [1.29, 1.82) is 0 Å². The molecule has 2 unspecified atom stereocenters. The number of hydrogen-bond acceptors (Lipinski definition) is 6. The van der Waals surface area contributed by atoms with E-state index in [0.717, 1.165) is 16.7 Å². The fourth-order valence-electron chi connectivity index (χ4n) is 3.57. The largest absolute Gasteiger partial charge is 0.497 e. The molecular formula is C23H23NO6. The number of rotatable bonds is 5. The van der Waals surface area contributed by atoms with Gasteiger partial charge in [-0.15, -0.1) is 0 Å². The van der Waals surface area contributed by atoms with E-state index in [0.29, 0.717) is 29.9 Å². The van der Waals surface area contributed by atoms with Gasteiger partial charge >= 0.3 is 5.97 Å². The third kappa shape index (κ3) is 3.70. The molecule has 2 atom stereocenters. The topological polar surface area (TPSA) is 87.0 Å². The Balaban J connectivity index is 1.46. The van der Waals surface area contributed by atoms with Crippen LogP contribution in [0, 0.1) is 6.92 Å². The molecule has 2 heterocycles. The zero-order valence-electron chi connectivity index (χ0n) is 17.1. The van der Waals surface area contributed by atoms with E-state index in [4.69, 9.17) is 18.6 Å². The Hall–Kier alpha value is -3.48. The highest BCUT2D eigenvalue weighted by Crippen LogP contribution is 2.32. The van der Waals surface area contributed by atoms with Crippen LogP contribution in [0.3, 0.4) is 0 Å². The molecule has 3 aromatic rings. The van der Waals surface area contributed by atoms with Gasteiger partial charge in [0.2, 0.25) is 5.76 Å². The number of ether oxygens (including phenoxy) is 3. The van der Waals surface area contributed by atoms with Gasteiger partial charge in [-0.1, -0.05) is 18.2 Å². The monoisotopic (exact) mass is 409 g/mol. The Morgan fingerprint density at radius 2 is 2.00 bits per heavy atom. The summed E-state index contributed by atoms with van der Waals surface area (Å²) in [6.07, 6.45) is -0.330. The number of carbonyl (C=O) groups excluding carboxylic acids is 2. The molecule has 7 nitrogen and oxygen atoms in total. The summed E-state index contributed by atoms with van der Waals surface area (Å²) in [5, 5.41) is 3.71. The van der Waals surface area contributed by atoms with E-state index < -0.39 is 12.1 Å². The first kappa shape index (κ1) is 19.8. The lowest BCUT2D eigenvalue weighted by atomic mass is 10.0. The number of methoxy groups -OCH3 is 1. The predicted octanol–water partition coefficient (Wildman–Crippen LogP) is 3.94. The summed E-state index contributed by atoms with van der Waals surface area (Å²) in [5.74, 6) is 0.440. The minimum absolute atomic E-state index is 0.0781. The lowest BCUT2D eigenvalue weighted by Gasteiger charge is -2.27. The van der Waals surface area contributed by atoms with Crippen LogP contribution in [0.15, 0.2) is 46.9 Å². The van der Waals surface area contributed by atoms with E-state index in [1.807, 2.05) is 24.3 Å². The quantitative estimate of drug-likeness (QED) is 0.643. The second-order valence-electron chi connectivity index (χ2n) is 7.20. The first-order valence-corrected chi connectivity index (χ1v) is 9.78. The molecule has 1 aromatic heterocycles. The molecule has 1 aliphatic rings. The molecule has 0 fully saturated rings. The molecule has 0 saturated heterocycles. The summed E-state index contributed by atoms with van der Waals surface area (Å²) in [7, 11) is 1.57. The van der Waals surface area contributed by atoms with Crippen molar-refractivity contribution in [2.45, 2.75) is 32.4 Å². The molecule has 4 rings (SSSR count). The zero-order valence-corrected chi connectivity index (χ0v) is 17.1. The van der Waals surface area contributed by atoms with Crippen LogP contribution in [0.5, 0.6) is 11.5 Å². The number of nitrogens with one attached hydrogen (secondary N) is 1. The Morgan fingerprint density at radius 1 is 1.20 bits per heavy atom. The predicted molar refractivity (Wildman–Crippen MR) is 110 cm³/mol. The van der Waals surface area contributed by atoms with Gasteiger partial charge in [-0.05, 0) is 38.1 Å². The number of benzene rings is 2. The maximum Gasteiger partial charge on any atom is 0.375 e. The van der Waals surface area contributed by atoms with Gasteiger partial charge in [-0.3, -0.25) is 4.79 Å². The van der Waals surface area contributed by atoms with Crippen molar-refractivity contribution in [3.63, 3.8) is 0 Å². The summed E-state index contributed by atoms with van der Waals surface area (Å²) in [6.45, 7) is 3.82. The van der Waals surface area contributed by atoms with Crippen LogP contribution >= 0.6 is 0 Å². The summed E-state index contributed by atoms with van der Waals surface area (Å²) >= 11 is 0. The van der Waals surface area contributed by atoms with Gasteiger partial charge in [0.05, 0.1) is 19.8 Å². The molecule has 1 N–H and O–H groups in total. The van der Waals surface area contributed by atoms with Crippen molar-refractivity contribution in [1.82, 2.24) is 5.32 Å². The molecule has 0 aliphatic carbocycles. The molecule has 156 valence electrons. The highest BCUT2D eigenvalue weighted by atomic mass is 16.6. The van der Waals surface area contributed by atoms with Crippen molar-refractivity contribution in [3.8, 4) is 11.5 Å². The van der Waals surface area contributed by atoms with Crippen LogP contribution in [0.1, 0.15) is 41.1 Å². The van der Waals surface area contributed by atoms with Crippen LogP contribution in [0.2, 0.25) is 0 Å². The zero-order chi connectivity index (χ0) is 21.3. The average molecular weight is 409 g/mol. The summed E-state index contributed by atoms with van der Waals surface area (Å²) in [4.78, 5) is 25.3. The summed E-state index contributed by atoms with van der Waals surface area (Å²) in [6, 6.07) is 12.7. The molecule has 1 amide bonds. The Kier molecular flexibility index (Phi) is 5.35. The van der Waals surface area contributed by atoms with Crippen molar-refractivity contribution in [3.05, 3.63) is 59.4 Å². The third-order valence-electron chi connectivity index (χ3n) is 5.26. The summed E-state index contributed by atoms with van der Waals surface area (Å²) in [5.41, 5.74) is 2.11. The van der Waals surface area contributed by atoms with Gasteiger partial charge in [0, 0.05) is 22.9 Å². The first-order chi connectivity index (χ1) is 14.5. The van der Waals surface area contributed by atoms with E-state index in [9.17, 15) is 9.59 Å². The van der Waals surface area contributed by atoms with Gasteiger partial charge < -0.3 is 23.9 Å². The number of esters is 1. The lowest BCUT2D eigenvalue weighted by molar-refractivity contribution is -0.130. The van der Waals surface area contributed by atoms with Crippen LogP contribution < -0.4 is 14.8 Å². The number of furan rings is 1. The Labute approximate surface area is 173 Å². The van der Waals surface area contributed by atoms with E-state index in [-0.39, 0.29) is 17.7 Å². The SMILES string of the molecule is COc1ccc2oc(C(=O)OC(C)C(=O)NC3CCOc4ccccc43)c(C)c2c1. The number of fused-ring (bicyclic) bond motifs is 2. The lowest BCUT2D eigenvalue weighted by Crippen LogP contribution is -2.39. The Bertz CT molecular complexity index is 1100. The van der Waals surface area contributed by atoms with E-state index in [1.54, 1.807) is 39.2 Å². The van der Waals surface area contributed by atoms with Crippen LogP contribution in [0.25, 0.3) is 11.0 Å². The fourth-order valence-corrected chi connectivity index (χ4v) is 3.57. The smallest absolute Gasteiger partial charge is 0.375 e. The Morgan fingerprint density at radius 3 is 2.80 bits per heavy atom. The number of carbonyl (C=O) groups is 2. The van der Waals surface area contributed by atoms with Crippen LogP contribution in [-0.2, 0) is 9.53 Å². The molecular weight excluding hydrogens is 386 g/mol.